The van der Waals surface area contributed by atoms with E-state index in [1.807, 2.05) is 0 Å². The number of likely N-dealkylation sites (N-methyl/N-ethyl adjacent to an activating group) is 1. The highest BCUT2D eigenvalue weighted by Crippen LogP contribution is 2.38. The lowest BCUT2D eigenvalue weighted by atomic mass is 9.88. The van der Waals surface area contributed by atoms with E-state index in [2.05, 4.69) is 41.5 Å². The number of benzene rings is 1. The van der Waals surface area contributed by atoms with Crippen molar-refractivity contribution in [3.63, 3.8) is 0 Å². The molecule has 86 valence electrons. The highest BCUT2D eigenvalue weighted by molar-refractivity contribution is 5.36. The minimum Gasteiger partial charge on any atom is -0.387 e. The maximum absolute atomic E-state index is 10.7. The molecule has 3 rings (SSSR count). The first-order chi connectivity index (χ1) is 7.69. The fourth-order valence-corrected chi connectivity index (χ4v) is 3.02. The summed E-state index contributed by atoms with van der Waals surface area (Å²) in [7, 11) is 2.07. The van der Waals surface area contributed by atoms with Crippen LogP contribution in [0.25, 0.3) is 0 Å². The number of aliphatic hydroxyl groups is 1. The SMILES string of the molecule is CN1CCC(O)(C2NCc3ccccc32)C1. The summed E-state index contributed by atoms with van der Waals surface area (Å²) in [5.41, 5.74) is 2.01. The molecule has 0 saturated carbocycles. The number of β-amino-alcohol motifs (C(OH)–C–C–N with tert-alkyl or cyclic N) is 1. The third kappa shape index (κ3) is 1.47. The van der Waals surface area contributed by atoms with E-state index in [4.69, 9.17) is 0 Å². The second kappa shape index (κ2) is 3.55. The van der Waals surface area contributed by atoms with Gasteiger partial charge in [-0.25, -0.2) is 0 Å². The largest absolute Gasteiger partial charge is 0.387 e. The molecule has 1 aromatic carbocycles. The van der Waals surface area contributed by atoms with Crippen molar-refractivity contribution < 1.29 is 5.11 Å². The Morgan fingerprint density at radius 1 is 1.44 bits per heavy atom. The Balaban J connectivity index is 1.93. The summed E-state index contributed by atoms with van der Waals surface area (Å²) in [4.78, 5) is 2.20. The molecule has 0 radical (unpaired) electrons. The Kier molecular flexibility index (Phi) is 2.28. The predicted molar refractivity (Wildman–Crippen MR) is 63.1 cm³/mol. The number of rotatable bonds is 1. The quantitative estimate of drug-likeness (QED) is 0.735. The van der Waals surface area contributed by atoms with Gasteiger partial charge in [-0.05, 0) is 24.6 Å². The summed E-state index contributed by atoms with van der Waals surface area (Å²) in [6.07, 6.45) is 0.857. The number of likely N-dealkylation sites (tertiary alicyclic amines) is 1. The van der Waals surface area contributed by atoms with Gasteiger partial charge in [0.2, 0.25) is 0 Å². The van der Waals surface area contributed by atoms with E-state index < -0.39 is 5.60 Å². The number of nitrogens with one attached hydrogen (secondary N) is 1. The van der Waals surface area contributed by atoms with E-state index in [0.29, 0.717) is 0 Å². The Labute approximate surface area is 96.1 Å². The first-order valence-corrected chi connectivity index (χ1v) is 5.91. The van der Waals surface area contributed by atoms with Crippen molar-refractivity contribution >= 4 is 0 Å². The average molecular weight is 218 g/mol. The maximum Gasteiger partial charge on any atom is 0.0979 e. The van der Waals surface area contributed by atoms with Crippen molar-refractivity contribution in [3.8, 4) is 0 Å². The van der Waals surface area contributed by atoms with E-state index in [1.165, 1.54) is 11.1 Å². The van der Waals surface area contributed by atoms with Gasteiger partial charge >= 0.3 is 0 Å². The fourth-order valence-electron chi connectivity index (χ4n) is 3.02. The van der Waals surface area contributed by atoms with Crippen LogP contribution >= 0.6 is 0 Å². The van der Waals surface area contributed by atoms with Crippen LogP contribution in [0.15, 0.2) is 24.3 Å². The van der Waals surface area contributed by atoms with E-state index in [1.54, 1.807) is 0 Å². The Morgan fingerprint density at radius 2 is 2.25 bits per heavy atom. The molecule has 2 heterocycles. The first kappa shape index (κ1) is 10.3. The molecular formula is C13H18N2O. The average Bonchev–Trinajstić information content (AvgIpc) is 2.83. The molecule has 16 heavy (non-hydrogen) atoms. The van der Waals surface area contributed by atoms with Gasteiger partial charge < -0.3 is 15.3 Å². The van der Waals surface area contributed by atoms with Crippen LogP contribution in [0.5, 0.6) is 0 Å². The lowest BCUT2D eigenvalue weighted by Crippen LogP contribution is -2.43. The molecule has 2 unspecified atom stereocenters. The van der Waals surface area contributed by atoms with Crippen LogP contribution in [-0.4, -0.2) is 35.7 Å². The minimum absolute atomic E-state index is 0.105. The molecule has 0 bridgehead atoms. The maximum atomic E-state index is 10.7. The third-order valence-electron chi connectivity index (χ3n) is 3.87. The van der Waals surface area contributed by atoms with Gasteiger partial charge in [-0.3, -0.25) is 0 Å². The van der Waals surface area contributed by atoms with E-state index in [-0.39, 0.29) is 6.04 Å². The van der Waals surface area contributed by atoms with Gasteiger partial charge in [0.05, 0.1) is 11.6 Å². The Hall–Kier alpha value is -0.900. The molecule has 2 aliphatic heterocycles. The summed E-state index contributed by atoms with van der Waals surface area (Å²) in [6, 6.07) is 8.50. The van der Waals surface area contributed by atoms with Crippen molar-refractivity contribution in [2.24, 2.45) is 0 Å². The molecule has 1 fully saturated rings. The van der Waals surface area contributed by atoms with Crippen LogP contribution in [0.4, 0.5) is 0 Å². The molecule has 2 N–H and O–H groups in total. The number of hydrogen-bond donors (Lipinski definition) is 2. The Bertz CT molecular complexity index is 407. The molecule has 3 heteroatoms. The van der Waals surface area contributed by atoms with Crippen molar-refractivity contribution in [2.45, 2.75) is 24.6 Å². The molecule has 0 aromatic heterocycles. The number of nitrogens with zero attached hydrogens (tertiary/aromatic N) is 1. The molecule has 2 atom stereocenters. The van der Waals surface area contributed by atoms with Crippen molar-refractivity contribution in [1.29, 1.82) is 0 Å². The van der Waals surface area contributed by atoms with Crippen LogP contribution in [-0.2, 0) is 6.54 Å². The number of fused-ring (bicyclic) bond motifs is 1. The summed E-state index contributed by atoms with van der Waals surface area (Å²) < 4.78 is 0. The van der Waals surface area contributed by atoms with Crippen molar-refractivity contribution in [2.75, 3.05) is 20.1 Å². The van der Waals surface area contributed by atoms with Crippen molar-refractivity contribution in [1.82, 2.24) is 10.2 Å². The molecule has 2 aliphatic rings. The van der Waals surface area contributed by atoms with Gasteiger partial charge in [-0.1, -0.05) is 24.3 Å². The van der Waals surface area contributed by atoms with Crippen molar-refractivity contribution in [3.05, 3.63) is 35.4 Å². The smallest absolute Gasteiger partial charge is 0.0979 e. The second-order valence-electron chi connectivity index (χ2n) is 5.10. The van der Waals surface area contributed by atoms with Gasteiger partial charge in [0.15, 0.2) is 0 Å². The van der Waals surface area contributed by atoms with Gasteiger partial charge in [-0.15, -0.1) is 0 Å². The highest BCUT2D eigenvalue weighted by atomic mass is 16.3. The van der Waals surface area contributed by atoms with Crippen LogP contribution in [0.1, 0.15) is 23.6 Å². The van der Waals surface area contributed by atoms with Gasteiger partial charge in [0.1, 0.15) is 0 Å². The van der Waals surface area contributed by atoms with Crippen LogP contribution in [0.2, 0.25) is 0 Å². The molecular weight excluding hydrogens is 200 g/mol. The monoisotopic (exact) mass is 218 g/mol. The fraction of sp³-hybridized carbons (Fsp3) is 0.538. The third-order valence-corrected chi connectivity index (χ3v) is 3.87. The minimum atomic E-state index is -0.596. The molecule has 0 spiro atoms. The topological polar surface area (TPSA) is 35.5 Å². The second-order valence-corrected chi connectivity index (χ2v) is 5.10. The molecule has 3 nitrogen and oxygen atoms in total. The first-order valence-electron chi connectivity index (χ1n) is 5.91. The highest BCUT2D eigenvalue weighted by Gasteiger charge is 2.44. The predicted octanol–water partition coefficient (Wildman–Crippen LogP) is 0.897. The number of hydrogen-bond acceptors (Lipinski definition) is 3. The van der Waals surface area contributed by atoms with E-state index in [9.17, 15) is 5.11 Å². The van der Waals surface area contributed by atoms with E-state index >= 15 is 0 Å². The zero-order valence-electron chi connectivity index (χ0n) is 9.61. The van der Waals surface area contributed by atoms with E-state index in [0.717, 1.165) is 26.1 Å². The summed E-state index contributed by atoms with van der Waals surface area (Å²) in [5, 5.41) is 14.2. The van der Waals surface area contributed by atoms with Crippen LogP contribution in [0, 0.1) is 0 Å². The summed E-state index contributed by atoms with van der Waals surface area (Å²) >= 11 is 0. The summed E-state index contributed by atoms with van der Waals surface area (Å²) in [5.74, 6) is 0. The normalized spacial score (nSPS) is 34.2. The van der Waals surface area contributed by atoms with Gasteiger partial charge in [-0.2, -0.15) is 0 Å². The van der Waals surface area contributed by atoms with Crippen LogP contribution in [0.3, 0.4) is 0 Å². The zero-order chi connectivity index (χ0) is 11.2. The lowest BCUT2D eigenvalue weighted by molar-refractivity contribution is 0.0151. The zero-order valence-corrected chi connectivity index (χ0v) is 9.61. The standard InChI is InChI=1S/C13H18N2O/c1-15-7-6-13(16,9-15)12-11-5-3-2-4-10(11)8-14-12/h2-5,12,14,16H,6-9H2,1H3. The summed E-state index contributed by atoms with van der Waals surface area (Å²) in [6.45, 7) is 2.63. The van der Waals surface area contributed by atoms with Gasteiger partial charge in [0, 0.05) is 19.6 Å². The Morgan fingerprint density at radius 3 is 3.00 bits per heavy atom. The van der Waals surface area contributed by atoms with Crippen LogP contribution < -0.4 is 5.32 Å². The molecule has 0 aliphatic carbocycles. The lowest BCUT2D eigenvalue weighted by Gasteiger charge is -2.30. The van der Waals surface area contributed by atoms with Gasteiger partial charge in [0.25, 0.3) is 0 Å². The molecule has 1 aromatic rings. The molecule has 0 amide bonds. The molecule has 1 saturated heterocycles.